The lowest BCUT2D eigenvalue weighted by Crippen LogP contribution is -2.01. The van der Waals surface area contributed by atoms with Crippen LogP contribution in [0, 0.1) is 0 Å². The van der Waals surface area contributed by atoms with Crippen LogP contribution in [0.1, 0.15) is 23.8 Å². The Bertz CT molecular complexity index is 615. The molecule has 1 aliphatic rings. The van der Waals surface area contributed by atoms with E-state index in [-0.39, 0.29) is 0 Å². The van der Waals surface area contributed by atoms with Crippen LogP contribution < -0.4 is 14.8 Å². The summed E-state index contributed by atoms with van der Waals surface area (Å²) in [6.07, 6.45) is 3.88. The van der Waals surface area contributed by atoms with E-state index in [4.69, 9.17) is 21.1 Å². The normalized spacial score (nSPS) is 12.7. The minimum atomic E-state index is 0.300. The van der Waals surface area contributed by atoms with Gasteiger partial charge in [-0.15, -0.1) is 11.3 Å². The highest BCUT2D eigenvalue weighted by Crippen LogP contribution is 2.37. The van der Waals surface area contributed by atoms with E-state index in [1.54, 1.807) is 6.20 Å². The van der Waals surface area contributed by atoms with Crippen molar-refractivity contribution in [1.29, 1.82) is 0 Å². The summed E-state index contributed by atoms with van der Waals surface area (Å²) in [5, 5.41) is 3.43. The fraction of sp³-hybridized carbons (Fsp3) is 0.357. The first-order valence-corrected chi connectivity index (χ1v) is 7.72. The van der Waals surface area contributed by atoms with Crippen molar-refractivity contribution in [1.82, 2.24) is 4.98 Å². The van der Waals surface area contributed by atoms with Crippen molar-refractivity contribution < 1.29 is 9.47 Å². The topological polar surface area (TPSA) is 43.4 Å². The number of ether oxygens (including phenoxy) is 2. The summed E-state index contributed by atoms with van der Waals surface area (Å²) in [6, 6.07) is 4.07. The van der Waals surface area contributed by atoms with E-state index in [1.807, 2.05) is 6.07 Å². The van der Waals surface area contributed by atoms with Crippen LogP contribution in [0.2, 0.25) is 4.47 Å². The van der Waals surface area contributed by atoms with Crippen LogP contribution in [-0.4, -0.2) is 11.8 Å². The van der Waals surface area contributed by atoms with Crippen molar-refractivity contribution in [2.24, 2.45) is 0 Å². The van der Waals surface area contributed by atoms with Gasteiger partial charge in [0.05, 0.1) is 6.54 Å². The highest BCUT2D eigenvalue weighted by atomic mass is 35.5. The lowest BCUT2D eigenvalue weighted by atomic mass is 10.1. The molecule has 0 saturated carbocycles. The number of aromatic nitrogens is 1. The lowest BCUT2D eigenvalue weighted by Gasteiger charge is -2.12. The first kappa shape index (κ1) is 13.5. The predicted octanol–water partition coefficient (Wildman–Crippen LogP) is 4.09. The molecule has 2 heterocycles. The summed E-state index contributed by atoms with van der Waals surface area (Å²) in [5.41, 5.74) is 2.33. The second kappa shape index (κ2) is 5.89. The van der Waals surface area contributed by atoms with E-state index in [1.165, 1.54) is 16.9 Å². The molecule has 1 aliphatic heterocycles. The van der Waals surface area contributed by atoms with Crippen LogP contribution >= 0.6 is 22.9 Å². The second-order valence-corrected chi connectivity index (χ2v) is 6.24. The maximum atomic E-state index is 5.84. The third-order valence-electron chi connectivity index (χ3n) is 3.10. The molecule has 1 aromatic heterocycles. The van der Waals surface area contributed by atoms with Crippen LogP contribution in [0.15, 0.2) is 18.3 Å². The average molecular weight is 311 g/mol. The van der Waals surface area contributed by atoms with E-state index < -0.39 is 0 Å². The van der Waals surface area contributed by atoms with Gasteiger partial charge in [-0.2, -0.15) is 0 Å². The lowest BCUT2D eigenvalue weighted by molar-refractivity contribution is 0.174. The van der Waals surface area contributed by atoms with Gasteiger partial charge in [0.25, 0.3) is 0 Å². The molecular weight excluding hydrogens is 296 g/mol. The van der Waals surface area contributed by atoms with Gasteiger partial charge in [-0.05, 0) is 18.1 Å². The molecule has 2 aromatic rings. The van der Waals surface area contributed by atoms with Crippen molar-refractivity contribution in [3.63, 3.8) is 0 Å². The summed E-state index contributed by atoms with van der Waals surface area (Å²) in [6.45, 7) is 3.17. The fourth-order valence-electron chi connectivity index (χ4n) is 2.17. The van der Waals surface area contributed by atoms with Gasteiger partial charge in [-0.3, -0.25) is 0 Å². The summed E-state index contributed by atoms with van der Waals surface area (Å²) in [7, 11) is 0. The van der Waals surface area contributed by atoms with Gasteiger partial charge in [0.1, 0.15) is 0 Å². The largest absolute Gasteiger partial charge is 0.454 e. The van der Waals surface area contributed by atoms with Crippen LogP contribution in [0.5, 0.6) is 11.5 Å². The zero-order chi connectivity index (χ0) is 13.9. The number of aryl methyl sites for hydroxylation is 1. The molecule has 4 nitrogen and oxygen atoms in total. The second-order valence-electron chi connectivity index (χ2n) is 4.55. The Hall–Kier alpha value is -1.46. The van der Waals surface area contributed by atoms with Crippen LogP contribution in [-0.2, 0) is 13.0 Å². The number of nitrogens with one attached hydrogen (secondary N) is 1. The zero-order valence-corrected chi connectivity index (χ0v) is 12.7. The Labute approximate surface area is 126 Å². The Balaban J connectivity index is 1.80. The smallest absolute Gasteiger partial charge is 0.231 e. The molecule has 0 spiro atoms. The number of rotatable bonds is 5. The highest BCUT2D eigenvalue weighted by Gasteiger charge is 2.17. The third kappa shape index (κ3) is 2.83. The first-order valence-electron chi connectivity index (χ1n) is 6.53. The van der Waals surface area contributed by atoms with E-state index in [0.29, 0.717) is 17.8 Å². The number of nitrogens with zero attached hydrogens (tertiary/aromatic N) is 1. The van der Waals surface area contributed by atoms with Gasteiger partial charge in [-0.25, -0.2) is 4.98 Å². The Kier molecular flexibility index (Phi) is 3.98. The Morgan fingerprint density at radius 1 is 1.35 bits per heavy atom. The van der Waals surface area contributed by atoms with E-state index in [2.05, 4.69) is 23.3 Å². The number of halogens is 1. The Morgan fingerprint density at radius 3 is 2.85 bits per heavy atom. The standard InChI is InChI=1S/C14H15ClN2O2S/c1-2-3-9-4-12-13(19-8-18-12)5-11(9)16-6-10-7-17-14(15)20-10/h4-5,7,16H,2-3,6,8H2,1H3. The van der Waals surface area contributed by atoms with Gasteiger partial charge in [0.2, 0.25) is 6.79 Å². The molecule has 3 rings (SSSR count). The van der Waals surface area contributed by atoms with Gasteiger partial charge in [-0.1, -0.05) is 24.9 Å². The van der Waals surface area contributed by atoms with Crippen LogP contribution in [0.25, 0.3) is 0 Å². The summed E-state index contributed by atoms with van der Waals surface area (Å²) < 4.78 is 11.4. The van der Waals surface area contributed by atoms with Crippen LogP contribution in [0.4, 0.5) is 5.69 Å². The van der Waals surface area contributed by atoms with Crippen molar-refractivity contribution in [3.8, 4) is 11.5 Å². The minimum absolute atomic E-state index is 0.300. The molecule has 1 aromatic carbocycles. The van der Waals surface area contributed by atoms with Crippen molar-refractivity contribution in [2.45, 2.75) is 26.3 Å². The molecule has 0 bridgehead atoms. The molecule has 0 saturated heterocycles. The number of fused-ring (bicyclic) bond motifs is 1. The average Bonchev–Trinajstić information content (AvgIpc) is 3.04. The predicted molar refractivity (Wildman–Crippen MR) is 81.0 cm³/mol. The molecule has 0 amide bonds. The number of hydrogen-bond donors (Lipinski definition) is 1. The maximum Gasteiger partial charge on any atom is 0.231 e. The van der Waals surface area contributed by atoms with E-state index in [0.717, 1.165) is 34.9 Å². The molecule has 0 aliphatic carbocycles. The van der Waals surface area contributed by atoms with E-state index >= 15 is 0 Å². The third-order valence-corrected chi connectivity index (χ3v) is 4.21. The van der Waals surface area contributed by atoms with Crippen molar-refractivity contribution >= 4 is 28.6 Å². The number of hydrogen-bond acceptors (Lipinski definition) is 5. The first-order chi connectivity index (χ1) is 9.76. The van der Waals surface area contributed by atoms with Crippen molar-refractivity contribution in [3.05, 3.63) is 33.2 Å². The Morgan fingerprint density at radius 2 is 2.15 bits per heavy atom. The molecule has 6 heteroatoms. The molecule has 0 unspecified atom stereocenters. The number of anilines is 1. The van der Waals surface area contributed by atoms with Gasteiger partial charge >= 0.3 is 0 Å². The van der Waals surface area contributed by atoms with Gasteiger partial charge < -0.3 is 14.8 Å². The summed E-state index contributed by atoms with van der Waals surface area (Å²) >= 11 is 7.33. The number of benzene rings is 1. The quantitative estimate of drug-likeness (QED) is 0.903. The molecule has 0 fully saturated rings. The monoisotopic (exact) mass is 310 g/mol. The molecular formula is C14H15ClN2O2S. The minimum Gasteiger partial charge on any atom is -0.454 e. The molecule has 20 heavy (non-hydrogen) atoms. The van der Waals surface area contributed by atoms with Gasteiger partial charge in [0, 0.05) is 22.8 Å². The molecule has 0 radical (unpaired) electrons. The molecule has 106 valence electrons. The zero-order valence-electron chi connectivity index (χ0n) is 11.1. The van der Waals surface area contributed by atoms with Crippen molar-refractivity contribution in [2.75, 3.05) is 12.1 Å². The summed E-state index contributed by atoms with van der Waals surface area (Å²) in [5.74, 6) is 1.63. The fourth-order valence-corrected chi connectivity index (χ4v) is 3.09. The number of thiazole rings is 1. The van der Waals surface area contributed by atoms with E-state index in [9.17, 15) is 0 Å². The molecule has 0 atom stereocenters. The van der Waals surface area contributed by atoms with Gasteiger partial charge in [0.15, 0.2) is 16.0 Å². The maximum absolute atomic E-state index is 5.84. The molecule has 1 N–H and O–H groups in total. The SMILES string of the molecule is CCCc1cc2c(cc1NCc1cnc(Cl)s1)OCO2. The summed E-state index contributed by atoms with van der Waals surface area (Å²) in [4.78, 5) is 5.15. The highest BCUT2D eigenvalue weighted by molar-refractivity contribution is 7.15. The van der Waals surface area contributed by atoms with Crippen LogP contribution in [0.3, 0.4) is 0 Å².